The van der Waals surface area contributed by atoms with Crippen LogP contribution >= 0.6 is 0 Å². The van der Waals surface area contributed by atoms with Crippen LogP contribution in [0.3, 0.4) is 0 Å². The molecule has 0 saturated heterocycles. The van der Waals surface area contributed by atoms with Crippen LogP contribution < -0.4 is 0 Å². The lowest BCUT2D eigenvalue weighted by Gasteiger charge is -2.13. The number of hydrogen-bond donors (Lipinski definition) is 0. The van der Waals surface area contributed by atoms with Gasteiger partial charge in [-0.05, 0) is 57.7 Å². The van der Waals surface area contributed by atoms with Crippen molar-refractivity contribution in [3.05, 3.63) is 53.4 Å². The van der Waals surface area contributed by atoms with Gasteiger partial charge in [0.2, 0.25) is 0 Å². The molecule has 0 aliphatic heterocycles. The van der Waals surface area contributed by atoms with E-state index < -0.39 is 0 Å². The van der Waals surface area contributed by atoms with Gasteiger partial charge >= 0.3 is 5.97 Å². The van der Waals surface area contributed by atoms with E-state index in [0.29, 0.717) is 5.56 Å². The third-order valence-corrected chi connectivity index (χ3v) is 4.04. The van der Waals surface area contributed by atoms with Crippen LogP contribution in [0.2, 0.25) is 0 Å². The lowest BCUT2D eigenvalue weighted by Crippen LogP contribution is -2.14. The predicted molar refractivity (Wildman–Crippen MR) is 105 cm³/mol. The Bertz CT molecular complexity index is 841. The highest BCUT2D eigenvalue weighted by Crippen LogP contribution is 2.26. The van der Waals surface area contributed by atoms with Crippen molar-refractivity contribution in [3.8, 4) is 0 Å². The predicted octanol–water partition coefficient (Wildman–Crippen LogP) is 5.30. The zero-order valence-corrected chi connectivity index (χ0v) is 15.5. The molecule has 2 aromatic heterocycles. The van der Waals surface area contributed by atoms with Crippen LogP contribution in [0.5, 0.6) is 0 Å². The van der Waals surface area contributed by atoms with Crippen molar-refractivity contribution in [1.29, 1.82) is 0 Å². The maximum atomic E-state index is 12.4. The number of fused-ring (bicyclic) bond motifs is 1. The van der Waals surface area contributed by atoms with Crippen LogP contribution in [-0.4, -0.2) is 23.2 Å². The van der Waals surface area contributed by atoms with Crippen molar-refractivity contribution in [2.75, 3.05) is 0 Å². The standard InChI is InChI=1S/C21H26N2O2/c1-7-9-10-19(22-6)16-11-17-12-18(21(24)25-14(3)4)15(5)20(8-2)23(17)13-16/h8,10-14H,2,6-7,9H2,1,3-5H3/b19-10-. The van der Waals surface area contributed by atoms with Gasteiger partial charge in [-0.25, -0.2) is 4.79 Å². The summed E-state index contributed by atoms with van der Waals surface area (Å²) in [5.74, 6) is -0.315. The van der Waals surface area contributed by atoms with Gasteiger partial charge in [-0.3, -0.25) is 4.99 Å². The summed E-state index contributed by atoms with van der Waals surface area (Å²) in [6, 6.07) is 3.87. The maximum absolute atomic E-state index is 12.4. The van der Waals surface area contributed by atoms with Gasteiger partial charge in [0.15, 0.2) is 0 Å². The molecule has 132 valence electrons. The van der Waals surface area contributed by atoms with Crippen molar-refractivity contribution in [2.45, 2.75) is 46.6 Å². The molecule has 2 rings (SSSR count). The van der Waals surface area contributed by atoms with Crippen molar-refractivity contribution < 1.29 is 9.53 Å². The fraction of sp³-hybridized carbons (Fsp3) is 0.333. The molecule has 0 aliphatic rings. The zero-order valence-electron chi connectivity index (χ0n) is 15.5. The normalized spacial score (nSPS) is 11.8. The molecular weight excluding hydrogens is 312 g/mol. The minimum Gasteiger partial charge on any atom is -0.459 e. The largest absolute Gasteiger partial charge is 0.459 e. The van der Waals surface area contributed by atoms with Crippen molar-refractivity contribution >= 4 is 30.0 Å². The van der Waals surface area contributed by atoms with E-state index in [9.17, 15) is 4.79 Å². The Morgan fingerprint density at radius 2 is 2.12 bits per heavy atom. The fourth-order valence-corrected chi connectivity index (χ4v) is 2.81. The second kappa shape index (κ2) is 7.97. The van der Waals surface area contributed by atoms with Gasteiger partial charge < -0.3 is 9.14 Å². The van der Waals surface area contributed by atoms with Gasteiger partial charge in [0.25, 0.3) is 0 Å². The van der Waals surface area contributed by atoms with Crippen LogP contribution in [0.15, 0.2) is 36.0 Å². The van der Waals surface area contributed by atoms with Gasteiger partial charge in [-0.1, -0.05) is 26.0 Å². The molecule has 0 aromatic carbocycles. The van der Waals surface area contributed by atoms with E-state index in [-0.39, 0.29) is 12.1 Å². The Morgan fingerprint density at radius 1 is 1.40 bits per heavy atom. The molecule has 0 N–H and O–H groups in total. The Morgan fingerprint density at radius 3 is 2.68 bits per heavy atom. The van der Waals surface area contributed by atoms with E-state index in [4.69, 9.17) is 4.74 Å². The number of aliphatic imine (C=N–C) groups is 1. The second-order valence-electron chi connectivity index (χ2n) is 6.29. The van der Waals surface area contributed by atoms with Gasteiger partial charge in [0.1, 0.15) is 0 Å². The smallest absolute Gasteiger partial charge is 0.338 e. The maximum Gasteiger partial charge on any atom is 0.338 e. The third-order valence-electron chi connectivity index (χ3n) is 4.04. The summed E-state index contributed by atoms with van der Waals surface area (Å²) in [4.78, 5) is 16.6. The first kappa shape index (κ1) is 18.7. The van der Waals surface area contributed by atoms with E-state index >= 15 is 0 Å². The minimum atomic E-state index is -0.315. The van der Waals surface area contributed by atoms with Gasteiger partial charge in [-0.2, -0.15) is 0 Å². The number of carbonyl (C=O) groups excluding carboxylic acids is 1. The van der Waals surface area contributed by atoms with E-state index in [0.717, 1.165) is 40.9 Å². The molecule has 0 aliphatic carbocycles. The van der Waals surface area contributed by atoms with Crippen molar-refractivity contribution in [3.63, 3.8) is 0 Å². The molecule has 0 atom stereocenters. The first-order valence-electron chi connectivity index (χ1n) is 8.59. The van der Waals surface area contributed by atoms with Crippen LogP contribution in [0.1, 0.15) is 60.8 Å². The van der Waals surface area contributed by atoms with Crippen molar-refractivity contribution in [2.24, 2.45) is 4.99 Å². The molecule has 0 spiro atoms. The van der Waals surface area contributed by atoms with Gasteiger partial charge in [-0.15, -0.1) is 0 Å². The second-order valence-corrected chi connectivity index (χ2v) is 6.29. The SMILES string of the molecule is C=Cc1c(C)c(C(=O)OC(C)C)cc2cc(/C(=C/CCC)N=C)cn12. The quantitative estimate of drug-likeness (QED) is 0.508. The van der Waals surface area contributed by atoms with Crippen LogP contribution in [0.25, 0.3) is 17.3 Å². The highest BCUT2D eigenvalue weighted by molar-refractivity contribution is 5.94. The summed E-state index contributed by atoms with van der Waals surface area (Å²) in [6.07, 6.45) is 7.68. The highest BCUT2D eigenvalue weighted by Gasteiger charge is 2.18. The van der Waals surface area contributed by atoms with Gasteiger partial charge in [0, 0.05) is 23.0 Å². The monoisotopic (exact) mass is 338 g/mol. The summed E-state index contributed by atoms with van der Waals surface area (Å²) in [5.41, 5.74) is 5.01. The number of nitrogens with zero attached hydrogens (tertiary/aromatic N) is 2. The number of esters is 1. The van der Waals surface area contributed by atoms with E-state index in [1.54, 1.807) is 6.08 Å². The Hall–Kier alpha value is -2.62. The zero-order chi connectivity index (χ0) is 18.6. The topological polar surface area (TPSA) is 43.1 Å². The number of rotatable bonds is 7. The van der Waals surface area contributed by atoms with Gasteiger partial charge in [0.05, 0.1) is 17.4 Å². The molecule has 0 unspecified atom stereocenters. The number of aromatic nitrogens is 1. The summed E-state index contributed by atoms with van der Waals surface area (Å²) >= 11 is 0. The molecule has 4 heteroatoms. The molecule has 0 radical (unpaired) electrons. The molecular formula is C21H26N2O2. The lowest BCUT2D eigenvalue weighted by atomic mass is 10.1. The van der Waals surface area contributed by atoms with E-state index in [1.165, 1.54) is 0 Å². The van der Waals surface area contributed by atoms with Crippen molar-refractivity contribution in [1.82, 2.24) is 4.40 Å². The number of hydrogen-bond acceptors (Lipinski definition) is 3. The molecule has 25 heavy (non-hydrogen) atoms. The van der Waals surface area contributed by atoms with E-state index in [2.05, 4.69) is 31.3 Å². The Balaban J connectivity index is 2.63. The van der Waals surface area contributed by atoms with Crippen LogP contribution in [0.4, 0.5) is 0 Å². The molecule has 0 bridgehead atoms. The summed E-state index contributed by atoms with van der Waals surface area (Å²) < 4.78 is 7.39. The number of ether oxygens (including phenoxy) is 1. The summed E-state index contributed by atoms with van der Waals surface area (Å²) in [6.45, 7) is 15.3. The molecule has 0 amide bonds. The highest BCUT2D eigenvalue weighted by atomic mass is 16.5. The minimum absolute atomic E-state index is 0.161. The average molecular weight is 338 g/mol. The number of unbranched alkanes of at least 4 members (excludes halogenated alkanes) is 1. The Labute approximate surface area is 149 Å². The fourth-order valence-electron chi connectivity index (χ4n) is 2.81. The first-order chi connectivity index (χ1) is 11.9. The molecule has 2 heterocycles. The molecule has 2 aromatic rings. The molecule has 4 nitrogen and oxygen atoms in total. The number of allylic oxidation sites excluding steroid dienone is 1. The first-order valence-corrected chi connectivity index (χ1v) is 8.59. The Kier molecular flexibility index (Phi) is 5.97. The summed E-state index contributed by atoms with van der Waals surface area (Å²) in [5, 5.41) is 0. The van der Waals surface area contributed by atoms with Crippen LogP contribution in [0, 0.1) is 6.92 Å². The number of carbonyl (C=O) groups is 1. The molecule has 0 saturated carbocycles. The third kappa shape index (κ3) is 3.90. The summed E-state index contributed by atoms with van der Waals surface area (Å²) in [7, 11) is 0. The van der Waals surface area contributed by atoms with Crippen LogP contribution in [-0.2, 0) is 4.74 Å². The molecule has 0 fully saturated rings. The number of pyridine rings is 1. The average Bonchev–Trinajstić information content (AvgIpc) is 2.97. The lowest BCUT2D eigenvalue weighted by molar-refractivity contribution is 0.0377. The van der Waals surface area contributed by atoms with E-state index in [1.807, 2.05) is 43.5 Å².